The van der Waals surface area contributed by atoms with Crippen LogP contribution in [-0.4, -0.2) is 33.9 Å². The fourth-order valence-electron chi connectivity index (χ4n) is 3.65. The zero-order chi connectivity index (χ0) is 21.5. The van der Waals surface area contributed by atoms with Crippen LogP contribution in [0, 0.1) is 0 Å². The zero-order valence-corrected chi connectivity index (χ0v) is 16.5. The van der Waals surface area contributed by atoms with E-state index in [0.29, 0.717) is 29.9 Å². The van der Waals surface area contributed by atoms with Crippen LogP contribution in [0.3, 0.4) is 0 Å². The molecule has 4 rings (SSSR count). The van der Waals surface area contributed by atoms with Crippen LogP contribution in [0.4, 0.5) is 13.2 Å². The number of rotatable bonds is 4. The second-order valence-electron chi connectivity index (χ2n) is 7.00. The maximum absolute atomic E-state index is 13.0. The molecule has 2 aromatic heterocycles. The first-order valence-corrected chi connectivity index (χ1v) is 9.71. The first kappa shape index (κ1) is 19.9. The lowest BCUT2D eigenvalue weighted by Gasteiger charge is -2.18. The van der Waals surface area contributed by atoms with Crippen LogP contribution >= 0.6 is 0 Å². The normalized spacial score (nSPS) is 11.9. The number of carbonyl (C=O) groups excluding carboxylic acids is 1. The fourth-order valence-corrected chi connectivity index (χ4v) is 3.65. The van der Waals surface area contributed by atoms with Gasteiger partial charge in [0.25, 0.3) is 5.91 Å². The van der Waals surface area contributed by atoms with Gasteiger partial charge in [0.15, 0.2) is 0 Å². The number of H-pyrrole nitrogens is 1. The third-order valence-electron chi connectivity index (χ3n) is 5.25. The molecule has 4 aromatic rings. The highest BCUT2D eigenvalue weighted by atomic mass is 19.4. The summed E-state index contributed by atoms with van der Waals surface area (Å²) >= 11 is 0. The number of hydrogen-bond acceptors (Lipinski definition) is 2. The van der Waals surface area contributed by atoms with Crippen molar-refractivity contribution in [3.05, 3.63) is 65.9 Å². The van der Waals surface area contributed by atoms with Gasteiger partial charge in [-0.2, -0.15) is 13.2 Å². The molecule has 0 aliphatic carbocycles. The summed E-state index contributed by atoms with van der Waals surface area (Å²) < 4.78 is 38.9. The van der Waals surface area contributed by atoms with Crippen LogP contribution in [0.15, 0.2) is 54.6 Å². The lowest BCUT2D eigenvalue weighted by atomic mass is 10.0. The van der Waals surface area contributed by atoms with Gasteiger partial charge in [0.05, 0.1) is 16.8 Å². The van der Waals surface area contributed by atoms with Gasteiger partial charge >= 0.3 is 6.18 Å². The van der Waals surface area contributed by atoms with Gasteiger partial charge in [-0.25, -0.2) is 4.98 Å². The molecule has 0 spiro atoms. The van der Waals surface area contributed by atoms with Crippen molar-refractivity contribution < 1.29 is 18.0 Å². The molecule has 0 unspecified atom stereocenters. The van der Waals surface area contributed by atoms with E-state index in [9.17, 15) is 18.0 Å². The average molecular weight is 411 g/mol. The van der Waals surface area contributed by atoms with Gasteiger partial charge in [-0.3, -0.25) is 4.79 Å². The maximum Gasteiger partial charge on any atom is 0.416 e. The molecule has 1 N–H and O–H groups in total. The highest BCUT2D eigenvalue weighted by molar-refractivity contribution is 6.13. The third-order valence-corrected chi connectivity index (χ3v) is 5.25. The molecule has 0 aliphatic heterocycles. The van der Waals surface area contributed by atoms with Crippen molar-refractivity contribution in [3.63, 3.8) is 0 Å². The number of alkyl halides is 3. The molecular weight excluding hydrogens is 391 g/mol. The van der Waals surface area contributed by atoms with E-state index in [1.807, 2.05) is 38.1 Å². The number of carbonyl (C=O) groups is 1. The standard InChI is InChI=1S/C23H20F3N3O/c1-3-29(4-2)22(30)19-13-17-16-7-5-6-8-18(16)27-21(17)20(28-19)14-9-11-15(12-10-14)23(24,25)26/h5-13,27H,3-4H2,1-2H3. The van der Waals surface area contributed by atoms with Crippen LogP contribution in [0.25, 0.3) is 33.1 Å². The summed E-state index contributed by atoms with van der Waals surface area (Å²) in [7, 11) is 0. The Balaban J connectivity index is 1.96. The molecule has 4 nitrogen and oxygen atoms in total. The Morgan fingerprint density at radius 2 is 1.67 bits per heavy atom. The SMILES string of the molecule is CCN(CC)C(=O)c1cc2c([nH]c3ccccc32)c(-c2ccc(C(F)(F)F)cc2)n1. The highest BCUT2D eigenvalue weighted by Gasteiger charge is 2.30. The average Bonchev–Trinajstić information content (AvgIpc) is 3.12. The Morgan fingerprint density at radius 1 is 1.00 bits per heavy atom. The predicted octanol–water partition coefficient (Wildman–Crippen LogP) is 5.88. The lowest BCUT2D eigenvalue weighted by molar-refractivity contribution is -0.137. The quantitative estimate of drug-likeness (QED) is 0.456. The minimum Gasteiger partial charge on any atom is -0.353 e. The fraction of sp³-hybridized carbons (Fsp3) is 0.217. The summed E-state index contributed by atoms with van der Waals surface area (Å²) in [6.07, 6.45) is -4.41. The molecule has 2 aromatic carbocycles. The number of halogens is 3. The molecule has 0 radical (unpaired) electrons. The van der Waals surface area contributed by atoms with Gasteiger partial charge in [0, 0.05) is 34.9 Å². The molecule has 154 valence electrons. The highest BCUT2D eigenvalue weighted by Crippen LogP contribution is 2.35. The van der Waals surface area contributed by atoms with Crippen molar-refractivity contribution >= 4 is 27.7 Å². The van der Waals surface area contributed by atoms with Crippen LogP contribution < -0.4 is 0 Å². The topological polar surface area (TPSA) is 49.0 Å². The van der Waals surface area contributed by atoms with Crippen LogP contribution in [0.1, 0.15) is 29.9 Å². The number of benzene rings is 2. The predicted molar refractivity (Wildman–Crippen MR) is 111 cm³/mol. The third kappa shape index (κ3) is 3.40. The Kier molecular flexibility index (Phi) is 4.97. The second kappa shape index (κ2) is 7.48. The number of nitrogens with one attached hydrogen (secondary N) is 1. The van der Waals surface area contributed by atoms with E-state index < -0.39 is 11.7 Å². The van der Waals surface area contributed by atoms with Crippen molar-refractivity contribution in [2.75, 3.05) is 13.1 Å². The first-order chi connectivity index (χ1) is 14.3. The van der Waals surface area contributed by atoms with E-state index in [1.54, 1.807) is 11.0 Å². The number of fused-ring (bicyclic) bond motifs is 3. The molecule has 7 heteroatoms. The van der Waals surface area contributed by atoms with E-state index in [4.69, 9.17) is 0 Å². The molecule has 0 fully saturated rings. The van der Waals surface area contributed by atoms with E-state index in [-0.39, 0.29) is 11.6 Å². The number of hydrogen-bond donors (Lipinski definition) is 1. The second-order valence-corrected chi connectivity index (χ2v) is 7.00. The van der Waals surface area contributed by atoms with Crippen LogP contribution in [0.2, 0.25) is 0 Å². The van der Waals surface area contributed by atoms with E-state index in [1.165, 1.54) is 12.1 Å². The molecule has 0 bridgehead atoms. The monoisotopic (exact) mass is 411 g/mol. The number of aromatic amines is 1. The van der Waals surface area contributed by atoms with E-state index in [2.05, 4.69) is 9.97 Å². The Morgan fingerprint density at radius 3 is 2.30 bits per heavy atom. The van der Waals surface area contributed by atoms with Crippen molar-refractivity contribution in [3.8, 4) is 11.3 Å². The largest absolute Gasteiger partial charge is 0.416 e. The summed E-state index contributed by atoms with van der Waals surface area (Å²) in [5.41, 5.74) is 2.06. The van der Waals surface area contributed by atoms with Gasteiger partial charge in [0.2, 0.25) is 0 Å². The van der Waals surface area contributed by atoms with Gasteiger partial charge in [-0.1, -0.05) is 30.3 Å². The number of para-hydroxylation sites is 1. The van der Waals surface area contributed by atoms with Gasteiger partial charge in [-0.05, 0) is 38.1 Å². The number of aromatic nitrogens is 2. The molecule has 0 saturated carbocycles. The Bertz CT molecular complexity index is 1220. The van der Waals surface area contributed by atoms with Gasteiger partial charge < -0.3 is 9.88 Å². The summed E-state index contributed by atoms with van der Waals surface area (Å²) in [6, 6.07) is 14.2. The van der Waals surface area contributed by atoms with Crippen LogP contribution in [0.5, 0.6) is 0 Å². The minimum absolute atomic E-state index is 0.208. The molecule has 2 heterocycles. The Labute approximate surface area is 171 Å². The first-order valence-electron chi connectivity index (χ1n) is 9.71. The number of nitrogens with zero attached hydrogens (tertiary/aromatic N) is 2. The molecule has 1 amide bonds. The summed E-state index contributed by atoms with van der Waals surface area (Å²) in [5, 5.41) is 1.74. The lowest BCUT2D eigenvalue weighted by Crippen LogP contribution is -2.31. The Hall–Kier alpha value is -3.35. The summed E-state index contributed by atoms with van der Waals surface area (Å²) in [6.45, 7) is 4.86. The summed E-state index contributed by atoms with van der Waals surface area (Å²) in [5.74, 6) is -0.208. The smallest absolute Gasteiger partial charge is 0.353 e. The zero-order valence-electron chi connectivity index (χ0n) is 16.5. The molecule has 30 heavy (non-hydrogen) atoms. The van der Waals surface area contributed by atoms with Crippen molar-refractivity contribution in [1.29, 1.82) is 0 Å². The number of pyridine rings is 1. The minimum atomic E-state index is -4.41. The maximum atomic E-state index is 13.0. The van der Waals surface area contributed by atoms with Crippen LogP contribution in [-0.2, 0) is 6.18 Å². The molecule has 0 saturated heterocycles. The van der Waals surface area contributed by atoms with Crippen molar-refractivity contribution in [2.24, 2.45) is 0 Å². The summed E-state index contributed by atoms with van der Waals surface area (Å²) in [4.78, 5) is 22.5. The van der Waals surface area contributed by atoms with E-state index in [0.717, 1.165) is 28.4 Å². The van der Waals surface area contributed by atoms with Gasteiger partial charge in [-0.15, -0.1) is 0 Å². The van der Waals surface area contributed by atoms with Crippen molar-refractivity contribution in [1.82, 2.24) is 14.9 Å². The molecule has 0 atom stereocenters. The molecule has 0 aliphatic rings. The van der Waals surface area contributed by atoms with Gasteiger partial charge in [0.1, 0.15) is 5.69 Å². The van der Waals surface area contributed by atoms with E-state index >= 15 is 0 Å². The molecular formula is C23H20F3N3O. The number of amides is 1. The van der Waals surface area contributed by atoms with Crippen molar-refractivity contribution in [2.45, 2.75) is 20.0 Å².